The lowest BCUT2D eigenvalue weighted by Gasteiger charge is -2.12. The van der Waals surface area contributed by atoms with Gasteiger partial charge in [0, 0.05) is 25.5 Å². The predicted octanol–water partition coefficient (Wildman–Crippen LogP) is 1.12. The van der Waals surface area contributed by atoms with Gasteiger partial charge in [-0.3, -0.25) is 9.36 Å². The lowest BCUT2D eigenvalue weighted by Crippen LogP contribution is -2.32. The van der Waals surface area contributed by atoms with E-state index in [9.17, 15) is 9.59 Å². The Kier molecular flexibility index (Phi) is 5.79. The van der Waals surface area contributed by atoms with E-state index in [4.69, 9.17) is 9.47 Å². The number of carbonyl (C=O) groups excluding carboxylic acids is 1. The summed E-state index contributed by atoms with van der Waals surface area (Å²) in [6.45, 7) is 1.73. The predicted molar refractivity (Wildman–Crippen MR) is 91.3 cm³/mol. The zero-order valence-corrected chi connectivity index (χ0v) is 13.9. The standard InChI is InChI=1S/C18H21N3O4/c22-17(12-21-9-2-8-19-18(21)23)20-11-14-4-6-15(7-5-14)25-13-16-3-1-10-24-16/h2,4-9,16H,1,3,10-13H2,(H,20,22). The number of amides is 1. The van der Waals surface area contributed by atoms with Crippen molar-refractivity contribution in [3.05, 3.63) is 58.8 Å². The lowest BCUT2D eigenvalue weighted by atomic mass is 10.2. The molecule has 1 aliphatic heterocycles. The Bertz CT molecular complexity index is 751. The molecule has 0 spiro atoms. The summed E-state index contributed by atoms with van der Waals surface area (Å²) in [7, 11) is 0. The molecule has 1 aromatic carbocycles. The van der Waals surface area contributed by atoms with Crippen molar-refractivity contribution < 1.29 is 14.3 Å². The highest BCUT2D eigenvalue weighted by molar-refractivity contribution is 5.75. The molecule has 0 saturated carbocycles. The summed E-state index contributed by atoms with van der Waals surface area (Å²) in [5, 5.41) is 2.78. The number of carbonyl (C=O) groups is 1. The summed E-state index contributed by atoms with van der Waals surface area (Å²) in [4.78, 5) is 27.0. The van der Waals surface area contributed by atoms with E-state index < -0.39 is 5.69 Å². The summed E-state index contributed by atoms with van der Waals surface area (Å²) in [5.41, 5.74) is 0.516. The van der Waals surface area contributed by atoms with Crippen LogP contribution in [0.4, 0.5) is 0 Å². The molecule has 1 amide bonds. The minimum Gasteiger partial charge on any atom is -0.491 e. The van der Waals surface area contributed by atoms with Crippen LogP contribution in [-0.4, -0.2) is 34.8 Å². The Balaban J connectivity index is 1.44. The van der Waals surface area contributed by atoms with E-state index in [1.807, 2.05) is 24.3 Å². The van der Waals surface area contributed by atoms with Crippen molar-refractivity contribution in [1.29, 1.82) is 0 Å². The summed E-state index contributed by atoms with van der Waals surface area (Å²) in [6.07, 6.45) is 5.27. The second-order valence-electron chi connectivity index (χ2n) is 5.90. The van der Waals surface area contributed by atoms with E-state index in [0.717, 1.165) is 30.8 Å². The van der Waals surface area contributed by atoms with E-state index in [1.165, 1.54) is 17.0 Å². The van der Waals surface area contributed by atoms with Crippen LogP contribution in [0, 0.1) is 0 Å². The van der Waals surface area contributed by atoms with Gasteiger partial charge in [0.25, 0.3) is 0 Å². The highest BCUT2D eigenvalue weighted by Crippen LogP contribution is 2.16. The van der Waals surface area contributed by atoms with Gasteiger partial charge >= 0.3 is 5.69 Å². The van der Waals surface area contributed by atoms with E-state index in [2.05, 4.69) is 10.3 Å². The van der Waals surface area contributed by atoms with Crippen molar-refractivity contribution in [2.24, 2.45) is 0 Å². The zero-order chi connectivity index (χ0) is 17.5. The first-order valence-corrected chi connectivity index (χ1v) is 8.32. The molecule has 1 unspecified atom stereocenters. The van der Waals surface area contributed by atoms with Crippen molar-refractivity contribution in [3.8, 4) is 5.75 Å². The van der Waals surface area contributed by atoms with Gasteiger partial charge in [-0.05, 0) is 36.6 Å². The molecule has 1 fully saturated rings. The van der Waals surface area contributed by atoms with Crippen LogP contribution in [0.3, 0.4) is 0 Å². The summed E-state index contributed by atoms with van der Waals surface area (Å²) in [6, 6.07) is 9.18. The SMILES string of the molecule is O=C(Cn1cccnc1=O)NCc1ccc(OCC2CCCO2)cc1. The maximum atomic E-state index is 11.9. The van der Waals surface area contributed by atoms with Crippen LogP contribution >= 0.6 is 0 Å². The molecule has 1 N–H and O–H groups in total. The molecule has 7 heteroatoms. The van der Waals surface area contributed by atoms with Crippen LogP contribution in [0.15, 0.2) is 47.5 Å². The lowest BCUT2D eigenvalue weighted by molar-refractivity contribution is -0.121. The molecule has 25 heavy (non-hydrogen) atoms. The normalized spacial score (nSPS) is 16.6. The second-order valence-corrected chi connectivity index (χ2v) is 5.90. The van der Waals surface area contributed by atoms with Gasteiger partial charge in [0.05, 0.1) is 6.10 Å². The van der Waals surface area contributed by atoms with Gasteiger partial charge in [-0.1, -0.05) is 12.1 Å². The number of rotatable bonds is 7. The average Bonchev–Trinajstić information content (AvgIpc) is 3.15. The molecule has 3 rings (SSSR count). The minimum absolute atomic E-state index is 0.0464. The number of benzene rings is 1. The van der Waals surface area contributed by atoms with Gasteiger partial charge in [-0.2, -0.15) is 0 Å². The van der Waals surface area contributed by atoms with E-state index in [1.54, 1.807) is 6.07 Å². The molecule has 0 bridgehead atoms. The van der Waals surface area contributed by atoms with E-state index in [-0.39, 0.29) is 18.6 Å². The first-order valence-electron chi connectivity index (χ1n) is 8.32. The fourth-order valence-corrected chi connectivity index (χ4v) is 2.59. The number of nitrogens with one attached hydrogen (secondary N) is 1. The fraction of sp³-hybridized carbons (Fsp3) is 0.389. The maximum absolute atomic E-state index is 11.9. The number of hydrogen-bond donors (Lipinski definition) is 1. The number of nitrogens with zero attached hydrogens (tertiary/aromatic N) is 2. The van der Waals surface area contributed by atoms with Crippen molar-refractivity contribution in [2.45, 2.75) is 32.0 Å². The first kappa shape index (κ1) is 17.2. The van der Waals surface area contributed by atoms with Crippen molar-refractivity contribution in [2.75, 3.05) is 13.2 Å². The largest absolute Gasteiger partial charge is 0.491 e. The molecule has 7 nitrogen and oxygen atoms in total. The Morgan fingerprint density at radius 1 is 1.36 bits per heavy atom. The topological polar surface area (TPSA) is 82.5 Å². The van der Waals surface area contributed by atoms with Crippen LogP contribution in [0.1, 0.15) is 18.4 Å². The molecule has 1 aliphatic rings. The first-order chi connectivity index (χ1) is 12.2. The molecular weight excluding hydrogens is 322 g/mol. The molecule has 132 valence electrons. The average molecular weight is 343 g/mol. The van der Waals surface area contributed by atoms with Crippen molar-refractivity contribution in [3.63, 3.8) is 0 Å². The van der Waals surface area contributed by atoms with Crippen LogP contribution in [0.25, 0.3) is 0 Å². The van der Waals surface area contributed by atoms with Crippen LogP contribution in [0.2, 0.25) is 0 Å². The third kappa shape index (κ3) is 5.15. The molecule has 2 aromatic rings. The zero-order valence-electron chi connectivity index (χ0n) is 13.9. The number of hydrogen-bond acceptors (Lipinski definition) is 5. The highest BCUT2D eigenvalue weighted by atomic mass is 16.5. The summed E-state index contributed by atoms with van der Waals surface area (Å²) in [5.74, 6) is 0.543. The van der Waals surface area contributed by atoms with Gasteiger partial charge < -0.3 is 14.8 Å². The van der Waals surface area contributed by atoms with Crippen LogP contribution < -0.4 is 15.7 Å². The molecule has 1 saturated heterocycles. The Morgan fingerprint density at radius 3 is 2.92 bits per heavy atom. The minimum atomic E-state index is -0.439. The fourth-order valence-electron chi connectivity index (χ4n) is 2.59. The monoisotopic (exact) mass is 343 g/mol. The quantitative estimate of drug-likeness (QED) is 0.814. The van der Waals surface area contributed by atoms with Gasteiger partial charge in [-0.15, -0.1) is 0 Å². The van der Waals surface area contributed by atoms with Crippen molar-refractivity contribution >= 4 is 5.91 Å². The van der Waals surface area contributed by atoms with Gasteiger partial charge in [0.1, 0.15) is 18.9 Å². The van der Waals surface area contributed by atoms with Crippen LogP contribution in [0.5, 0.6) is 5.75 Å². The van der Waals surface area contributed by atoms with Gasteiger partial charge in [0.2, 0.25) is 5.91 Å². The molecule has 2 heterocycles. The maximum Gasteiger partial charge on any atom is 0.347 e. The molecule has 0 aliphatic carbocycles. The third-order valence-corrected chi connectivity index (χ3v) is 3.97. The molecule has 0 radical (unpaired) electrons. The number of aromatic nitrogens is 2. The van der Waals surface area contributed by atoms with E-state index >= 15 is 0 Å². The Morgan fingerprint density at radius 2 is 2.20 bits per heavy atom. The second kappa shape index (κ2) is 8.43. The van der Waals surface area contributed by atoms with Crippen LogP contribution in [-0.2, 0) is 22.6 Å². The van der Waals surface area contributed by atoms with Crippen molar-refractivity contribution in [1.82, 2.24) is 14.9 Å². The molecule has 1 atom stereocenters. The molecule has 1 aromatic heterocycles. The van der Waals surface area contributed by atoms with Gasteiger partial charge in [-0.25, -0.2) is 9.78 Å². The smallest absolute Gasteiger partial charge is 0.347 e. The highest BCUT2D eigenvalue weighted by Gasteiger charge is 2.15. The van der Waals surface area contributed by atoms with Gasteiger partial charge in [0.15, 0.2) is 0 Å². The summed E-state index contributed by atoms with van der Waals surface area (Å²) >= 11 is 0. The molecular formula is C18H21N3O4. The Labute approximate surface area is 145 Å². The third-order valence-electron chi connectivity index (χ3n) is 3.97. The number of ether oxygens (including phenoxy) is 2. The van der Waals surface area contributed by atoms with E-state index in [0.29, 0.717) is 13.2 Å². The Hall–Kier alpha value is -2.67. The summed E-state index contributed by atoms with van der Waals surface area (Å²) < 4.78 is 12.5.